The Kier molecular flexibility index (Phi) is 5.41. The summed E-state index contributed by atoms with van der Waals surface area (Å²) in [6.07, 6.45) is 4.99. The molecule has 2 heterocycles. The van der Waals surface area contributed by atoms with Gasteiger partial charge in [0.25, 0.3) is 0 Å². The highest BCUT2D eigenvalue weighted by Crippen LogP contribution is 2.17. The molecule has 0 aromatic rings. The van der Waals surface area contributed by atoms with Gasteiger partial charge in [-0.1, -0.05) is 0 Å². The number of likely N-dealkylation sites (N-methyl/N-ethyl adjacent to an activating group) is 1. The van der Waals surface area contributed by atoms with Crippen molar-refractivity contribution in [1.82, 2.24) is 10.2 Å². The second kappa shape index (κ2) is 7.07. The Hall–Kier alpha value is -0.650. The minimum Gasteiger partial charge on any atom is -0.376 e. The third-order valence-electron chi connectivity index (χ3n) is 3.72. The number of piperidine rings is 1. The zero-order valence-corrected chi connectivity index (χ0v) is 11.2. The first-order chi connectivity index (χ1) is 8.78. The van der Waals surface area contributed by atoms with Crippen LogP contribution in [0, 0.1) is 0 Å². The summed E-state index contributed by atoms with van der Waals surface area (Å²) in [7, 11) is 1.68. The minimum atomic E-state index is 0.0914. The molecule has 104 valence electrons. The summed E-state index contributed by atoms with van der Waals surface area (Å²) >= 11 is 0. The Bertz CT molecular complexity index is 259. The Morgan fingerprint density at radius 3 is 2.78 bits per heavy atom. The molecule has 1 N–H and O–H groups in total. The van der Waals surface area contributed by atoms with Crippen molar-refractivity contribution in [2.24, 2.45) is 0 Å². The fourth-order valence-electron chi connectivity index (χ4n) is 2.54. The van der Waals surface area contributed by atoms with Crippen LogP contribution in [0.2, 0.25) is 0 Å². The summed E-state index contributed by atoms with van der Waals surface area (Å²) in [6, 6.07) is 0. The summed E-state index contributed by atoms with van der Waals surface area (Å²) in [6.45, 7) is 4.03. The van der Waals surface area contributed by atoms with Gasteiger partial charge in [0, 0.05) is 26.7 Å². The molecule has 2 saturated heterocycles. The average Bonchev–Trinajstić information content (AvgIpc) is 2.91. The first-order valence-corrected chi connectivity index (χ1v) is 6.94. The second-order valence-corrected chi connectivity index (χ2v) is 5.12. The average molecular weight is 256 g/mol. The van der Waals surface area contributed by atoms with Gasteiger partial charge in [0.2, 0.25) is 5.91 Å². The van der Waals surface area contributed by atoms with Gasteiger partial charge in [0.15, 0.2) is 0 Å². The van der Waals surface area contributed by atoms with E-state index >= 15 is 0 Å². The van der Waals surface area contributed by atoms with Gasteiger partial charge in [-0.3, -0.25) is 9.69 Å². The molecule has 1 amide bonds. The summed E-state index contributed by atoms with van der Waals surface area (Å²) in [5.74, 6) is 0.0914. The SMILES string of the molecule is CNC(=O)CN1CCC(OC[C@@H]2CCCO2)CC1. The van der Waals surface area contributed by atoms with Crippen LogP contribution in [0.4, 0.5) is 0 Å². The molecule has 0 radical (unpaired) electrons. The van der Waals surface area contributed by atoms with E-state index < -0.39 is 0 Å². The molecule has 18 heavy (non-hydrogen) atoms. The number of likely N-dealkylation sites (tertiary alicyclic amines) is 1. The zero-order valence-electron chi connectivity index (χ0n) is 11.2. The smallest absolute Gasteiger partial charge is 0.233 e. The Balaban J connectivity index is 1.59. The van der Waals surface area contributed by atoms with Gasteiger partial charge >= 0.3 is 0 Å². The van der Waals surface area contributed by atoms with Gasteiger partial charge in [-0.05, 0) is 25.7 Å². The lowest BCUT2D eigenvalue weighted by atomic mass is 10.1. The summed E-state index contributed by atoms with van der Waals surface area (Å²) in [5, 5.41) is 2.66. The number of amides is 1. The van der Waals surface area contributed by atoms with Crippen LogP contribution in [0.5, 0.6) is 0 Å². The van der Waals surface area contributed by atoms with Gasteiger partial charge in [0.1, 0.15) is 0 Å². The van der Waals surface area contributed by atoms with E-state index in [1.54, 1.807) is 7.05 Å². The van der Waals surface area contributed by atoms with E-state index in [0.29, 0.717) is 18.8 Å². The largest absolute Gasteiger partial charge is 0.376 e. The van der Waals surface area contributed by atoms with Crippen LogP contribution in [0.15, 0.2) is 0 Å². The number of nitrogens with one attached hydrogen (secondary N) is 1. The fraction of sp³-hybridized carbons (Fsp3) is 0.923. The molecular formula is C13H24N2O3. The van der Waals surface area contributed by atoms with Crippen LogP contribution in [0.1, 0.15) is 25.7 Å². The molecule has 5 nitrogen and oxygen atoms in total. The number of nitrogens with zero attached hydrogens (tertiary/aromatic N) is 1. The molecule has 2 rings (SSSR count). The Morgan fingerprint density at radius 2 is 2.17 bits per heavy atom. The number of carbonyl (C=O) groups excluding carboxylic acids is 1. The molecular weight excluding hydrogens is 232 g/mol. The topological polar surface area (TPSA) is 50.8 Å². The van der Waals surface area contributed by atoms with Crippen LogP contribution in [0.3, 0.4) is 0 Å². The van der Waals surface area contributed by atoms with Gasteiger partial charge < -0.3 is 14.8 Å². The van der Waals surface area contributed by atoms with Crippen molar-refractivity contribution >= 4 is 5.91 Å². The first-order valence-electron chi connectivity index (χ1n) is 6.94. The number of carbonyl (C=O) groups is 1. The summed E-state index contributed by atoms with van der Waals surface area (Å²) in [4.78, 5) is 13.4. The maximum Gasteiger partial charge on any atom is 0.233 e. The first kappa shape index (κ1) is 13.8. The van der Waals surface area contributed by atoms with Gasteiger partial charge in [-0.15, -0.1) is 0 Å². The van der Waals surface area contributed by atoms with Crippen molar-refractivity contribution in [2.75, 3.05) is 39.9 Å². The maximum absolute atomic E-state index is 11.3. The van der Waals surface area contributed by atoms with Crippen LogP contribution in [-0.4, -0.2) is 62.9 Å². The lowest BCUT2D eigenvalue weighted by molar-refractivity contribution is -0.122. The van der Waals surface area contributed by atoms with E-state index in [2.05, 4.69) is 10.2 Å². The Labute approximate surface area is 109 Å². The van der Waals surface area contributed by atoms with E-state index in [4.69, 9.17) is 9.47 Å². The van der Waals surface area contributed by atoms with Crippen LogP contribution >= 0.6 is 0 Å². The van der Waals surface area contributed by atoms with Crippen molar-refractivity contribution in [2.45, 2.75) is 37.9 Å². The Morgan fingerprint density at radius 1 is 1.39 bits per heavy atom. The monoisotopic (exact) mass is 256 g/mol. The normalized spacial score (nSPS) is 26.4. The number of hydrogen-bond acceptors (Lipinski definition) is 4. The zero-order chi connectivity index (χ0) is 12.8. The van der Waals surface area contributed by atoms with Crippen molar-refractivity contribution in [3.05, 3.63) is 0 Å². The van der Waals surface area contributed by atoms with E-state index in [1.165, 1.54) is 6.42 Å². The highest BCUT2D eigenvalue weighted by atomic mass is 16.5. The molecule has 0 aliphatic carbocycles. The molecule has 0 aromatic carbocycles. The van der Waals surface area contributed by atoms with E-state index in [-0.39, 0.29) is 5.91 Å². The van der Waals surface area contributed by atoms with Crippen LogP contribution < -0.4 is 5.32 Å². The molecule has 5 heteroatoms. The number of ether oxygens (including phenoxy) is 2. The van der Waals surface area contributed by atoms with Crippen LogP contribution in [0.25, 0.3) is 0 Å². The van der Waals surface area contributed by atoms with Gasteiger partial charge in [-0.2, -0.15) is 0 Å². The molecule has 0 bridgehead atoms. The summed E-state index contributed by atoms with van der Waals surface area (Å²) < 4.78 is 11.4. The van der Waals surface area contributed by atoms with E-state index in [9.17, 15) is 4.79 Å². The molecule has 0 aromatic heterocycles. The minimum absolute atomic E-state index is 0.0914. The van der Waals surface area contributed by atoms with Gasteiger partial charge in [-0.25, -0.2) is 0 Å². The van der Waals surface area contributed by atoms with Crippen LogP contribution in [-0.2, 0) is 14.3 Å². The second-order valence-electron chi connectivity index (χ2n) is 5.12. The molecule has 0 saturated carbocycles. The fourth-order valence-corrected chi connectivity index (χ4v) is 2.54. The predicted octanol–water partition coefficient (Wildman–Crippen LogP) is 0.392. The molecule has 1 atom stereocenters. The van der Waals surface area contributed by atoms with Gasteiger partial charge in [0.05, 0.1) is 25.4 Å². The molecule has 2 aliphatic heterocycles. The molecule has 2 aliphatic rings. The number of hydrogen-bond donors (Lipinski definition) is 1. The molecule has 0 spiro atoms. The van der Waals surface area contributed by atoms with Crippen molar-refractivity contribution in [3.63, 3.8) is 0 Å². The predicted molar refractivity (Wildman–Crippen MR) is 68.5 cm³/mol. The highest BCUT2D eigenvalue weighted by Gasteiger charge is 2.23. The van der Waals surface area contributed by atoms with Crippen molar-refractivity contribution in [1.29, 1.82) is 0 Å². The third-order valence-corrected chi connectivity index (χ3v) is 3.72. The standard InChI is InChI=1S/C13H24N2O3/c1-14-13(16)9-15-6-4-11(5-7-15)18-10-12-3-2-8-17-12/h11-12H,2-10H2,1H3,(H,14,16)/t12-/m0/s1. The molecule has 0 unspecified atom stereocenters. The lowest BCUT2D eigenvalue weighted by Gasteiger charge is -2.31. The number of rotatable bonds is 5. The third kappa shape index (κ3) is 4.23. The molecule has 2 fully saturated rings. The maximum atomic E-state index is 11.3. The summed E-state index contributed by atoms with van der Waals surface area (Å²) in [5.41, 5.74) is 0. The van der Waals surface area contributed by atoms with E-state index in [0.717, 1.165) is 45.6 Å². The van der Waals surface area contributed by atoms with Crippen molar-refractivity contribution < 1.29 is 14.3 Å². The lowest BCUT2D eigenvalue weighted by Crippen LogP contribution is -2.42. The van der Waals surface area contributed by atoms with Crippen molar-refractivity contribution in [3.8, 4) is 0 Å². The van der Waals surface area contributed by atoms with E-state index in [1.807, 2.05) is 0 Å². The highest BCUT2D eigenvalue weighted by molar-refractivity contribution is 5.77. The quantitative estimate of drug-likeness (QED) is 0.773.